The topological polar surface area (TPSA) is 36.3 Å². The van der Waals surface area contributed by atoms with Gasteiger partial charge in [-0.1, -0.05) is 0 Å². The Morgan fingerprint density at radius 1 is 1.21 bits per heavy atom. The van der Waals surface area contributed by atoms with Crippen LogP contribution in [0.1, 0.15) is 0 Å². The summed E-state index contributed by atoms with van der Waals surface area (Å²) in [5.74, 6) is 1.39. The number of hydrogen-bond donors (Lipinski definition) is 0. The summed E-state index contributed by atoms with van der Waals surface area (Å²) >= 11 is 0. The standard InChI is InChI=1S/C10H11N2O2/c1-12-6-11-7-4-9(13-2)10(14-3)5-8(7)12/h4-5H,1-3H3. The summed E-state index contributed by atoms with van der Waals surface area (Å²) in [6, 6.07) is 3.72. The van der Waals surface area contributed by atoms with Crippen LogP contribution in [0.4, 0.5) is 0 Å². The van der Waals surface area contributed by atoms with E-state index < -0.39 is 0 Å². The molecule has 0 fully saturated rings. The molecule has 0 N–H and O–H groups in total. The van der Waals surface area contributed by atoms with Gasteiger partial charge in [0, 0.05) is 19.2 Å². The van der Waals surface area contributed by atoms with Crippen molar-refractivity contribution in [2.45, 2.75) is 0 Å². The van der Waals surface area contributed by atoms with Crippen molar-refractivity contribution in [2.75, 3.05) is 14.2 Å². The number of aromatic nitrogens is 2. The van der Waals surface area contributed by atoms with E-state index in [1.54, 1.807) is 14.2 Å². The van der Waals surface area contributed by atoms with E-state index in [9.17, 15) is 0 Å². The van der Waals surface area contributed by atoms with Gasteiger partial charge in [-0.2, -0.15) is 0 Å². The fraction of sp³-hybridized carbons (Fsp3) is 0.300. The second-order valence-corrected chi connectivity index (χ2v) is 2.97. The predicted octanol–water partition coefficient (Wildman–Crippen LogP) is 1.39. The molecule has 0 aliphatic rings. The number of methoxy groups -OCH3 is 2. The van der Waals surface area contributed by atoms with E-state index in [-0.39, 0.29) is 0 Å². The van der Waals surface area contributed by atoms with Gasteiger partial charge in [0.15, 0.2) is 17.8 Å². The number of ether oxygens (including phenoxy) is 2. The lowest BCUT2D eigenvalue weighted by atomic mass is 10.2. The van der Waals surface area contributed by atoms with Crippen molar-refractivity contribution in [3.8, 4) is 11.5 Å². The van der Waals surface area contributed by atoms with Crippen LogP contribution in [0, 0.1) is 6.33 Å². The normalized spacial score (nSPS) is 10.5. The zero-order chi connectivity index (χ0) is 10.1. The molecule has 2 aromatic rings. The third kappa shape index (κ3) is 1.19. The van der Waals surface area contributed by atoms with Crippen molar-refractivity contribution in [1.29, 1.82) is 0 Å². The van der Waals surface area contributed by atoms with E-state index in [1.165, 1.54) is 0 Å². The predicted molar refractivity (Wildman–Crippen MR) is 52.7 cm³/mol. The third-order valence-electron chi connectivity index (χ3n) is 2.16. The van der Waals surface area contributed by atoms with E-state index in [4.69, 9.17) is 9.47 Å². The first-order valence-corrected chi connectivity index (χ1v) is 4.22. The summed E-state index contributed by atoms with van der Waals surface area (Å²) in [6.07, 6.45) is 2.83. The first-order chi connectivity index (χ1) is 6.76. The maximum Gasteiger partial charge on any atom is 0.177 e. The van der Waals surface area contributed by atoms with Crippen molar-refractivity contribution in [2.24, 2.45) is 7.05 Å². The smallest absolute Gasteiger partial charge is 0.177 e. The molecule has 2 rings (SSSR count). The van der Waals surface area contributed by atoms with Crippen LogP contribution < -0.4 is 9.47 Å². The molecule has 0 aliphatic carbocycles. The molecule has 1 heterocycles. The van der Waals surface area contributed by atoms with Gasteiger partial charge in [-0.3, -0.25) is 0 Å². The molecule has 1 aromatic carbocycles. The Labute approximate surface area is 82.1 Å². The van der Waals surface area contributed by atoms with Crippen LogP contribution in [0.2, 0.25) is 0 Å². The molecule has 1 aromatic heterocycles. The van der Waals surface area contributed by atoms with E-state index in [0.717, 1.165) is 11.0 Å². The van der Waals surface area contributed by atoms with Crippen LogP contribution in [0.3, 0.4) is 0 Å². The van der Waals surface area contributed by atoms with Crippen molar-refractivity contribution < 1.29 is 9.47 Å². The van der Waals surface area contributed by atoms with Gasteiger partial charge >= 0.3 is 0 Å². The summed E-state index contributed by atoms with van der Waals surface area (Å²) < 4.78 is 12.2. The van der Waals surface area contributed by atoms with E-state index in [0.29, 0.717) is 11.5 Å². The molecular weight excluding hydrogens is 180 g/mol. The average Bonchev–Trinajstić information content (AvgIpc) is 2.58. The van der Waals surface area contributed by atoms with Crippen LogP contribution in [0.15, 0.2) is 12.1 Å². The van der Waals surface area contributed by atoms with Gasteiger partial charge in [-0.15, -0.1) is 0 Å². The number of imidazole rings is 1. The summed E-state index contributed by atoms with van der Waals surface area (Å²) in [4.78, 5) is 4.10. The number of nitrogens with zero attached hydrogens (tertiary/aromatic N) is 2. The molecule has 4 heteroatoms. The second kappa shape index (κ2) is 3.21. The molecule has 0 saturated carbocycles. The van der Waals surface area contributed by atoms with Crippen LogP contribution in [-0.2, 0) is 7.05 Å². The zero-order valence-electron chi connectivity index (χ0n) is 8.37. The third-order valence-corrected chi connectivity index (χ3v) is 2.16. The van der Waals surface area contributed by atoms with E-state index in [2.05, 4.69) is 11.3 Å². The van der Waals surface area contributed by atoms with Crippen LogP contribution in [-0.4, -0.2) is 23.8 Å². The van der Waals surface area contributed by atoms with Gasteiger partial charge in [0.1, 0.15) is 0 Å². The molecule has 0 atom stereocenters. The minimum absolute atomic E-state index is 0.687. The Kier molecular flexibility index (Phi) is 2.04. The van der Waals surface area contributed by atoms with Gasteiger partial charge in [0.05, 0.1) is 25.3 Å². The Morgan fingerprint density at radius 2 is 1.86 bits per heavy atom. The fourth-order valence-corrected chi connectivity index (χ4v) is 1.40. The molecule has 14 heavy (non-hydrogen) atoms. The van der Waals surface area contributed by atoms with Crippen molar-refractivity contribution in [1.82, 2.24) is 9.55 Å². The SMILES string of the molecule is COc1cc2n[c]n(C)c2cc1OC. The Morgan fingerprint density at radius 3 is 2.50 bits per heavy atom. The van der Waals surface area contributed by atoms with Gasteiger partial charge in [0.2, 0.25) is 0 Å². The number of fused-ring (bicyclic) bond motifs is 1. The molecule has 0 amide bonds. The van der Waals surface area contributed by atoms with E-state index in [1.807, 2.05) is 23.7 Å². The minimum atomic E-state index is 0.687. The molecule has 1 radical (unpaired) electrons. The van der Waals surface area contributed by atoms with Gasteiger partial charge in [-0.05, 0) is 0 Å². The highest BCUT2D eigenvalue weighted by molar-refractivity contribution is 5.79. The quantitative estimate of drug-likeness (QED) is 0.719. The number of aryl methyl sites for hydroxylation is 1. The Hall–Kier alpha value is -1.71. The largest absolute Gasteiger partial charge is 0.493 e. The van der Waals surface area contributed by atoms with Crippen molar-refractivity contribution in [3.63, 3.8) is 0 Å². The maximum atomic E-state index is 5.19. The summed E-state index contributed by atoms with van der Waals surface area (Å²) in [7, 11) is 5.11. The average molecular weight is 191 g/mol. The lowest BCUT2D eigenvalue weighted by Gasteiger charge is -2.07. The Balaban J connectivity index is 2.71. The maximum absolute atomic E-state index is 5.19. The number of rotatable bonds is 2. The molecule has 0 bridgehead atoms. The summed E-state index contributed by atoms with van der Waals surface area (Å²) in [6.45, 7) is 0. The van der Waals surface area contributed by atoms with Gasteiger partial charge in [-0.25, -0.2) is 4.98 Å². The highest BCUT2D eigenvalue weighted by atomic mass is 16.5. The zero-order valence-corrected chi connectivity index (χ0v) is 8.37. The molecule has 4 nitrogen and oxygen atoms in total. The lowest BCUT2D eigenvalue weighted by molar-refractivity contribution is 0.355. The first-order valence-electron chi connectivity index (χ1n) is 4.22. The minimum Gasteiger partial charge on any atom is -0.493 e. The van der Waals surface area contributed by atoms with Gasteiger partial charge in [0.25, 0.3) is 0 Å². The summed E-state index contributed by atoms with van der Waals surface area (Å²) in [5.41, 5.74) is 1.83. The van der Waals surface area contributed by atoms with Crippen molar-refractivity contribution >= 4 is 11.0 Å². The highest BCUT2D eigenvalue weighted by Crippen LogP contribution is 2.30. The number of hydrogen-bond acceptors (Lipinski definition) is 3. The molecule has 0 unspecified atom stereocenters. The first kappa shape index (κ1) is 8.87. The van der Waals surface area contributed by atoms with Gasteiger partial charge < -0.3 is 14.0 Å². The fourth-order valence-electron chi connectivity index (χ4n) is 1.40. The second-order valence-electron chi connectivity index (χ2n) is 2.97. The van der Waals surface area contributed by atoms with Crippen molar-refractivity contribution in [3.05, 3.63) is 18.5 Å². The van der Waals surface area contributed by atoms with Crippen LogP contribution >= 0.6 is 0 Å². The Bertz CT molecular complexity index is 462. The molecule has 73 valence electrons. The number of benzene rings is 1. The monoisotopic (exact) mass is 191 g/mol. The lowest BCUT2D eigenvalue weighted by Crippen LogP contribution is -1.91. The molecule has 0 spiro atoms. The van der Waals surface area contributed by atoms with E-state index >= 15 is 0 Å². The highest BCUT2D eigenvalue weighted by Gasteiger charge is 2.08. The molecule has 0 aliphatic heterocycles. The summed E-state index contributed by atoms with van der Waals surface area (Å²) in [5, 5.41) is 0. The molecular formula is C10H11N2O2. The molecule has 0 saturated heterocycles. The van der Waals surface area contributed by atoms with Crippen LogP contribution in [0.25, 0.3) is 11.0 Å². The van der Waals surface area contributed by atoms with Crippen LogP contribution in [0.5, 0.6) is 11.5 Å².